The third-order valence-electron chi connectivity index (χ3n) is 2.91. The van der Waals surface area contributed by atoms with Gasteiger partial charge < -0.3 is 15.7 Å². The third kappa shape index (κ3) is 4.53. The smallest absolute Gasteiger partial charge is 0.326 e. The predicted octanol–water partition coefficient (Wildman–Crippen LogP) is 2.90. The Morgan fingerprint density at radius 1 is 1.40 bits per heavy atom. The monoisotopic (exact) mass is 282 g/mol. The molecule has 0 radical (unpaired) electrons. The van der Waals surface area contributed by atoms with Crippen molar-refractivity contribution in [1.82, 2.24) is 5.32 Å². The minimum absolute atomic E-state index is 0.0598. The summed E-state index contributed by atoms with van der Waals surface area (Å²) in [5.41, 5.74) is 0.630. The number of unbranched alkanes of at least 4 members (excludes halogenated alkanes) is 1. The second kappa shape index (κ2) is 7.47. The van der Waals surface area contributed by atoms with Crippen LogP contribution in [0.1, 0.15) is 31.7 Å². The van der Waals surface area contributed by atoms with E-state index in [2.05, 4.69) is 10.6 Å². The zero-order valence-electron chi connectivity index (χ0n) is 11.6. The quantitative estimate of drug-likeness (QED) is 0.750. The highest BCUT2D eigenvalue weighted by Gasteiger charge is 2.20. The van der Waals surface area contributed by atoms with Gasteiger partial charge in [0.15, 0.2) is 0 Å². The molecule has 0 aliphatic heterocycles. The SMILES string of the molecule is CCCCC(NC(=O)Nc1c(C)cccc1F)C(=O)O. The predicted molar refractivity (Wildman–Crippen MR) is 74.2 cm³/mol. The van der Waals surface area contributed by atoms with Gasteiger partial charge in [0.1, 0.15) is 11.9 Å². The highest BCUT2D eigenvalue weighted by molar-refractivity contribution is 5.92. The van der Waals surface area contributed by atoms with Crippen LogP contribution in [0, 0.1) is 12.7 Å². The molecule has 110 valence electrons. The molecule has 0 bridgehead atoms. The summed E-state index contributed by atoms with van der Waals surface area (Å²) in [5.74, 6) is -1.65. The zero-order valence-corrected chi connectivity index (χ0v) is 11.6. The first-order valence-electron chi connectivity index (χ1n) is 6.51. The molecule has 1 aromatic carbocycles. The number of carboxylic acid groups (broad SMARTS) is 1. The van der Waals surface area contributed by atoms with Crippen molar-refractivity contribution in [2.45, 2.75) is 39.2 Å². The lowest BCUT2D eigenvalue weighted by Crippen LogP contribution is -2.43. The molecule has 1 aromatic rings. The number of hydrogen-bond acceptors (Lipinski definition) is 2. The van der Waals surface area contributed by atoms with Crippen LogP contribution in [-0.2, 0) is 4.79 Å². The molecule has 0 fully saturated rings. The first-order chi connectivity index (χ1) is 9.45. The van der Waals surface area contributed by atoms with Crippen LogP contribution >= 0.6 is 0 Å². The molecule has 0 heterocycles. The van der Waals surface area contributed by atoms with E-state index in [1.807, 2.05) is 6.92 Å². The molecule has 5 nitrogen and oxygen atoms in total. The maximum Gasteiger partial charge on any atom is 0.326 e. The molecule has 6 heteroatoms. The number of anilines is 1. The summed E-state index contributed by atoms with van der Waals surface area (Å²) in [6, 6.07) is 2.73. The minimum atomic E-state index is -1.10. The van der Waals surface area contributed by atoms with Crippen LogP contribution in [0.5, 0.6) is 0 Å². The van der Waals surface area contributed by atoms with Crippen LogP contribution in [0.4, 0.5) is 14.9 Å². The van der Waals surface area contributed by atoms with Crippen LogP contribution in [0.2, 0.25) is 0 Å². The number of benzene rings is 1. The Morgan fingerprint density at radius 3 is 2.65 bits per heavy atom. The van der Waals surface area contributed by atoms with Crippen molar-refractivity contribution < 1.29 is 19.1 Å². The number of nitrogens with one attached hydrogen (secondary N) is 2. The van der Waals surface area contributed by atoms with Gasteiger partial charge in [-0.1, -0.05) is 31.9 Å². The highest BCUT2D eigenvalue weighted by atomic mass is 19.1. The second-order valence-electron chi connectivity index (χ2n) is 4.56. The molecule has 0 saturated carbocycles. The lowest BCUT2D eigenvalue weighted by molar-refractivity contribution is -0.139. The molecule has 0 saturated heterocycles. The molecular weight excluding hydrogens is 263 g/mol. The summed E-state index contributed by atoms with van der Waals surface area (Å²) in [5, 5.41) is 13.7. The summed E-state index contributed by atoms with van der Waals surface area (Å²) in [6.45, 7) is 3.59. The number of carbonyl (C=O) groups excluding carboxylic acids is 1. The number of aliphatic carboxylic acids is 1. The number of urea groups is 1. The molecule has 2 amide bonds. The van der Waals surface area contributed by atoms with Gasteiger partial charge in [-0.3, -0.25) is 0 Å². The van der Waals surface area contributed by atoms with Crippen LogP contribution in [0.15, 0.2) is 18.2 Å². The average Bonchev–Trinajstić information content (AvgIpc) is 2.38. The van der Waals surface area contributed by atoms with Gasteiger partial charge in [0.05, 0.1) is 5.69 Å². The number of para-hydroxylation sites is 1. The molecule has 0 aliphatic carbocycles. The molecule has 20 heavy (non-hydrogen) atoms. The molecule has 3 N–H and O–H groups in total. The summed E-state index contributed by atoms with van der Waals surface area (Å²) in [6.07, 6.45) is 1.87. The molecule has 0 aliphatic rings. The van der Waals surface area contributed by atoms with Crippen molar-refractivity contribution in [2.75, 3.05) is 5.32 Å². The third-order valence-corrected chi connectivity index (χ3v) is 2.91. The van der Waals surface area contributed by atoms with Crippen molar-refractivity contribution in [3.8, 4) is 0 Å². The molecule has 0 spiro atoms. The van der Waals surface area contributed by atoms with Crippen LogP contribution in [-0.4, -0.2) is 23.1 Å². The van der Waals surface area contributed by atoms with Gasteiger partial charge in [0, 0.05) is 0 Å². The summed E-state index contributed by atoms with van der Waals surface area (Å²) in [7, 11) is 0. The van der Waals surface area contributed by atoms with Gasteiger partial charge >= 0.3 is 12.0 Å². The number of halogens is 1. The molecule has 1 atom stereocenters. The van der Waals surface area contributed by atoms with Crippen molar-refractivity contribution in [3.63, 3.8) is 0 Å². The van der Waals surface area contributed by atoms with E-state index >= 15 is 0 Å². The van der Waals surface area contributed by atoms with E-state index in [4.69, 9.17) is 5.11 Å². The summed E-state index contributed by atoms with van der Waals surface area (Å²) < 4.78 is 13.6. The van der Waals surface area contributed by atoms with E-state index in [9.17, 15) is 14.0 Å². The van der Waals surface area contributed by atoms with Crippen molar-refractivity contribution in [3.05, 3.63) is 29.6 Å². The number of carbonyl (C=O) groups is 2. The second-order valence-corrected chi connectivity index (χ2v) is 4.56. The summed E-state index contributed by atoms with van der Waals surface area (Å²) in [4.78, 5) is 22.8. The van der Waals surface area contributed by atoms with Gasteiger partial charge in [-0.25, -0.2) is 14.0 Å². The summed E-state index contributed by atoms with van der Waals surface area (Å²) >= 11 is 0. The molecule has 1 unspecified atom stereocenters. The first-order valence-corrected chi connectivity index (χ1v) is 6.51. The fourth-order valence-electron chi connectivity index (χ4n) is 1.76. The standard InChI is InChI=1S/C14H19FN2O3/c1-3-4-8-11(13(18)19)16-14(20)17-12-9(2)6-5-7-10(12)15/h5-7,11H,3-4,8H2,1-2H3,(H,18,19)(H2,16,17,20). The Morgan fingerprint density at radius 2 is 2.10 bits per heavy atom. The Balaban J connectivity index is 2.68. The minimum Gasteiger partial charge on any atom is -0.480 e. The molecular formula is C14H19FN2O3. The fraction of sp³-hybridized carbons (Fsp3) is 0.429. The largest absolute Gasteiger partial charge is 0.480 e. The number of aryl methyl sites for hydroxylation is 1. The Bertz CT molecular complexity index is 471. The first kappa shape index (κ1) is 15.9. The van der Waals surface area contributed by atoms with Gasteiger partial charge in [0.2, 0.25) is 0 Å². The van der Waals surface area contributed by atoms with Crippen molar-refractivity contribution >= 4 is 17.7 Å². The average molecular weight is 282 g/mol. The van der Waals surface area contributed by atoms with Gasteiger partial charge in [-0.15, -0.1) is 0 Å². The van der Waals surface area contributed by atoms with Crippen molar-refractivity contribution in [1.29, 1.82) is 0 Å². The van der Waals surface area contributed by atoms with Gasteiger partial charge in [-0.2, -0.15) is 0 Å². The maximum absolute atomic E-state index is 13.6. The lowest BCUT2D eigenvalue weighted by atomic mass is 10.1. The van der Waals surface area contributed by atoms with Crippen molar-refractivity contribution in [2.24, 2.45) is 0 Å². The topological polar surface area (TPSA) is 78.4 Å². The molecule has 0 aromatic heterocycles. The van der Waals surface area contributed by atoms with E-state index in [1.165, 1.54) is 12.1 Å². The van der Waals surface area contributed by atoms with E-state index < -0.39 is 23.9 Å². The number of amides is 2. The highest BCUT2D eigenvalue weighted by Crippen LogP contribution is 2.18. The number of hydrogen-bond donors (Lipinski definition) is 3. The Labute approximate surface area is 117 Å². The van der Waals surface area contributed by atoms with E-state index in [0.29, 0.717) is 18.4 Å². The van der Waals surface area contributed by atoms with E-state index in [-0.39, 0.29) is 5.69 Å². The van der Waals surface area contributed by atoms with Crippen LogP contribution in [0.3, 0.4) is 0 Å². The van der Waals surface area contributed by atoms with E-state index in [1.54, 1.807) is 13.0 Å². The molecule has 1 rings (SSSR count). The number of carboxylic acids is 1. The van der Waals surface area contributed by atoms with E-state index in [0.717, 1.165) is 6.42 Å². The van der Waals surface area contributed by atoms with Crippen LogP contribution in [0.25, 0.3) is 0 Å². The Hall–Kier alpha value is -2.11. The maximum atomic E-state index is 13.6. The lowest BCUT2D eigenvalue weighted by Gasteiger charge is -2.16. The zero-order chi connectivity index (χ0) is 15.1. The number of rotatable bonds is 6. The Kier molecular flexibility index (Phi) is 5.96. The normalized spacial score (nSPS) is 11.8. The van der Waals surface area contributed by atoms with Gasteiger partial charge in [0.25, 0.3) is 0 Å². The fourth-order valence-corrected chi connectivity index (χ4v) is 1.76. The van der Waals surface area contributed by atoms with Gasteiger partial charge in [-0.05, 0) is 25.0 Å². The van der Waals surface area contributed by atoms with Crippen LogP contribution < -0.4 is 10.6 Å².